The summed E-state index contributed by atoms with van der Waals surface area (Å²) in [5.74, 6) is -0.413. The van der Waals surface area contributed by atoms with E-state index in [1.54, 1.807) is 11.8 Å². The standard InChI is InChI=1S/C17H26N4O3S.ClH/c1-21-9-10-25-17(21)20-19-16(24)14(22)13(11-7-8-11)18-15(23)12-5-3-2-4-6-12;/h11-13H,2-10H2,1H3,(H,18,23)(H,19,24);1H/b20-17-;. The Kier molecular flexibility index (Phi) is 7.76. The van der Waals surface area contributed by atoms with Gasteiger partial charge < -0.3 is 10.2 Å². The van der Waals surface area contributed by atoms with Gasteiger partial charge in [-0.15, -0.1) is 17.5 Å². The van der Waals surface area contributed by atoms with Crippen molar-refractivity contribution in [2.75, 3.05) is 19.3 Å². The van der Waals surface area contributed by atoms with Crippen molar-refractivity contribution in [2.24, 2.45) is 16.9 Å². The fourth-order valence-corrected chi connectivity index (χ4v) is 4.32. The van der Waals surface area contributed by atoms with Crippen LogP contribution in [-0.4, -0.2) is 53.1 Å². The third-order valence-electron chi connectivity index (χ3n) is 5.11. The van der Waals surface area contributed by atoms with Gasteiger partial charge in [0.25, 0.3) is 0 Å². The topological polar surface area (TPSA) is 90.9 Å². The quantitative estimate of drug-likeness (QED) is 0.519. The predicted octanol–water partition coefficient (Wildman–Crippen LogP) is 1.52. The van der Waals surface area contributed by atoms with Crippen molar-refractivity contribution >= 4 is 46.9 Å². The van der Waals surface area contributed by atoms with Gasteiger partial charge in [-0.05, 0) is 31.6 Å². The van der Waals surface area contributed by atoms with Gasteiger partial charge >= 0.3 is 5.91 Å². The maximum atomic E-state index is 12.5. The zero-order valence-electron chi connectivity index (χ0n) is 15.0. The van der Waals surface area contributed by atoms with Crippen molar-refractivity contribution in [3.8, 4) is 0 Å². The van der Waals surface area contributed by atoms with Gasteiger partial charge in [0.15, 0.2) is 5.17 Å². The van der Waals surface area contributed by atoms with Gasteiger partial charge in [0.05, 0.1) is 0 Å². The smallest absolute Gasteiger partial charge is 0.309 e. The number of ketones is 1. The predicted molar refractivity (Wildman–Crippen MR) is 104 cm³/mol. The number of carbonyl (C=O) groups excluding carboxylic acids is 3. The minimum absolute atomic E-state index is 0. The third-order valence-corrected chi connectivity index (χ3v) is 6.16. The van der Waals surface area contributed by atoms with Crippen molar-refractivity contribution < 1.29 is 14.4 Å². The molecule has 1 heterocycles. The molecule has 0 aromatic carbocycles. The van der Waals surface area contributed by atoms with E-state index < -0.39 is 17.7 Å². The molecular weight excluding hydrogens is 376 g/mol. The summed E-state index contributed by atoms with van der Waals surface area (Å²) in [7, 11) is 1.89. The average Bonchev–Trinajstić information content (AvgIpc) is 3.39. The number of Topliss-reactive ketones (excluding diaryl/α,β-unsaturated/α-hetero) is 1. The number of nitrogens with one attached hydrogen (secondary N) is 2. The first kappa shape index (κ1) is 21.0. The molecule has 0 bridgehead atoms. The van der Waals surface area contributed by atoms with Crippen molar-refractivity contribution in [3.63, 3.8) is 0 Å². The Labute approximate surface area is 164 Å². The molecule has 0 radical (unpaired) electrons. The van der Waals surface area contributed by atoms with Crippen LogP contribution in [-0.2, 0) is 14.4 Å². The Bertz CT molecular complexity index is 576. The van der Waals surface area contributed by atoms with Crippen LogP contribution >= 0.6 is 24.2 Å². The van der Waals surface area contributed by atoms with E-state index in [1.165, 1.54) is 6.42 Å². The lowest BCUT2D eigenvalue weighted by molar-refractivity contribution is -0.141. The Morgan fingerprint density at radius 3 is 2.42 bits per heavy atom. The first-order chi connectivity index (χ1) is 12.1. The second-order valence-electron chi connectivity index (χ2n) is 7.13. The molecule has 26 heavy (non-hydrogen) atoms. The molecule has 7 nitrogen and oxygen atoms in total. The summed E-state index contributed by atoms with van der Waals surface area (Å²) in [5.41, 5.74) is 2.36. The SMILES string of the molecule is CN1CCS/C1=N\NC(=O)C(=O)C(NC(=O)C1CCCCC1)C1CC1.Cl. The number of hydrazone groups is 1. The maximum Gasteiger partial charge on any atom is 0.309 e. The molecule has 1 aliphatic heterocycles. The Morgan fingerprint density at radius 1 is 1.15 bits per heavy atom. The Balaban J connectivity index is 0.00000243. The highest BCUT2D eigenvalue weighted by Gasteiger charge is 2.41. The molecule has 1 saturated heterocycles. The molecule has 2 aliphatic carbocycles. The minimum atomic E-state index is -0.741. The summed E-state index contributed by atoms with van der Waals surface area (Å²) >= 11 is 1.54. The summed E-state index contributed by atoms with van der Waals surface area (Å²) in [4.78, 5) is 39.1. The number of amides is 2. The van der Waals surface area contributed by atoms with Crippen LogP contribution in [0, 0.1) is 11.8 Å². The first-order valence-corrected chi connectivity index (χ1v) is 10.1. The maximum absolute atomic E-state index is 12.5. The van der Waals surface area contributed by atoms with Crippen LogP contribution in [0.2, 0.25) is 0 Å². The van der Waals surface area contributed by atoms with E-state index >= 15 is 0 Å². The largest absolute Gasteiger partial charge is 0.352 e. The van der Waals surface area contributed by atoms with Gasteiger partial charge in [0.2, 0.25) is 11.7 Å². The summed E-state index contributed by atoms with van der Waals surface area (Å²) in [6.07, 6.45) is 6.79. The van der Waals surface area contributed by atoms with Crippen LogP contribution < -0.4 is 10.7 Å². The number of hydrogen-bond acceptors (Lipinski definition) is 5. The van der Waals surface area contributed by atoms with Gasteiger partial charge in [-0.25, -0.2) is 5.43 Å². The summed E-state index contributed by atoms with van der Waals surface area (Å²) in [6.45, 7) is 0.870. The summed E-state index contributed by atoms with van der Waals surface area (Å²) in [5, 5.41) is 7.59. The van der Waals surface area contributed by atoms with E-state index in [2.05, 4.69) is 15.8 Å². The van der Waals surface area contributed by atoms with E-state index in [-0.39, 0.29) is 30.2 Å². The van der Waals surface area contributed by atoms with Crippen LogP contribution in [0.4, 0.5) is 0 Å². The Morgan fingerprint density at radius 2 is 1.85 bits per heavy atom. The molecule has 3 fully saturated rings. The van der Waals surface area contributed by atoms with Crippen LogP contribution in [0.5, 0.6) is 0 Å². The van der Waals surface area contributed by atoms with Gasteiger partial charge in [0, 0.05) is 25.3 Å². The van der Waals surface area contributed by atoms with Crippen LogP contribution in [0.15, 0.2) is 5.10 Å². The van der Waals surface area contributed by atoms with Gasteiger partial charge in [-0.1, -0.05) is 31.0 Å². The lowest BCUT2D eigenvalue weighted by Gasteiger charge is -2.24. The average molecular weight is 403 g/mol. The highest BCUT2D eigenvalue weighted by molar-refractivity contribution is 8.14. The number of amidine groups is 1. The normalized spacial score (nSPS) is 23.3. The molecule has 0 spiro atoms. The number of rotatable bonds is 6. The molecule has 0 aromatic rings. The fraction of sp³-hybridized carbons (Fsp3) is 0.765. The number of halogens is 1. The van der Waals surface area contributed by atoms with Crippen molar-refractivity contribution in [1.29, 1.82) is 0 Å². The summed E-state index contributed by atoms with van der Waals surface area (Å²) < 4.78 is 0. The summed E-state index contributed by atoms with van der Waals surface area (Å²) in [6, 6.07) is -0.705. The highest BCUT2D eigenvalue weighted by Crippen LogP contribution is 2.34. The van der Waals surface area contributed by atoms with Crippen molar-refractivity contribution in [3.05, 3.63) is 0 Å². The Hall–Kier alpha value is -1.28. The monoisotopic (exact) mass is 402 g/mol. The molecule has 146 valence electrons. The lowest BCUT2D eigenvalue weighted by Crippen LogP contribution is -2.50. The minimum Gasteiger partial charge on any atom is -0.352 e. The van der Waals surface area contributed by atoms with Crippen molar-refractivity contribution in [1.82, 2.24) is 15.6 Å². The zero-order chi connectivity index (χ0) is 17.8. The van der Waals surface area contributed by atoms with E-state index in [0.29, 0.717) is 5.17 Å². The van der Waals surface area contributed by atoms with E-state index in [9.17, 15) is 14.4 Å². The second-order valence-corrected chi connectivity index (χ2v) is 8.19. The molecular formula is C17H27ClN4O3S. The number of hydrogen-bond donors (Lipinski definition) is 2. The van der Waals surface area contributed by atoms with Crippen molar-refractivity contribution in [2.45, 2.75) is 51.0 Å². The molecule has 1 unspecified atom stereocenters. The molecule has 2 saturated carbocycles. The van der Waals surface area contributed by atoms with Gasteiger partial charge in [-0.2, -0.15) is 0 Å². The molecule has 9 heteroatoms. The number of thioether (sulfide) groups is 1. The second kappa shape index (κ2) is 9.60. The molecule has 2 amide bonds. The van der Waals surface area contributed by atoms with E-state index in [0.717, 1.165) is 50.8 Å². The first-order valence-electron chi connectivity index (χ1n) is 9.12. The lowest BCUT2D eigenvalue weighted by atomic mass is 9.88. The molecule has 0 aromatic heterocycles. The molecule has 3 rings (SSSR count). The highest BCUT2D eigenvalue weighted by atomic mass is 35.5. The van der Waals surface area contributed by atoms with Crippen LogP contribution in [0.1, 0.15) is 44.9 Å². The molecule has 2 N–H and O–H groups in total. The number of carbonyl (C=O) groups is 3. The van der Waals surface area contributed by atoms with Gasteiger partial charge in [0.1, 0.15) is 6.04 Å². The zero-order valence-corrected chi connectivity index (χ0v) is 16.7. The molecule has 3 aliphatic rings. The number of nitrogens with zero attached hydrogens (tertiary/aromatic N) is 2. The molecule has 1 atom stereocenters. The van der Waals surface area contributed by atoms with Crippen LogP contribution in [0.3, 0.4) is 0 Å². The third kappa shape index (κ3) is 5.36. The van der Waals surface area contributed by atoms with E-state index in [1.807, 2.05) is 11.9 Å². The fourth-order valence-electron chi connectivity index (χ4n) is 3.36. The van der Waals surface area contributed by atoms with E-state index in [4.69, 9.17) is 0 Å². The van der Waals surface area contributed by atoms with Gasteiger partial charge in [-0.3, -0.25) is 14.4 Å². The van der Waals surface area contributed by atoms with Crippen LogP contribution in [0.25, 0.3) is 0 Å².